The van der Waals surface area contributed by atoms with Crippen LogP contribution in [-0.4, -0.2) is 30.4 Å². The number of pyridine rings is 1. The summed E-state index contributed by atoms with van der Waals surface area (Å²) in [6.45, 7) is 3.32. The zero-order valence-corrected chi connectivity index (χ0v) is 10.7. The van der Waals surface area contributed by atoms with Gasteiger partial charge in [0.05, 0.1) is 4.75 Å². The van der Waals surface area contributed by atoms with Crippen molar-refractivity contribution in [3.05, 3.63) is 30.1 Å². The highest BCUT2D eigenvalue weighted by Gasteiger charge is 2.36. The first-order chi connectivity index (χ1) is 7.25. The quantitative estimate of drug-likeness (QED) is 0.846. The Labute approximate surface area is 96.8 Å². The highest BCUT2D eigenvalue weighted by atomic mass is 32.2. The summed E-state index contributed by atoms with van der Waals surface area (Å²) in [6, 6.07) is 3.26. The van der Waals surface area contributed by atoms with E-state index in [0.29, 0.717) is 6.42 Å². The lowest BCUT2D eigenvalue weighted by atomic mass is 9.97. The summed E-state index contributed by atoms with van der Waals surface area (Å²) in [6.07, 6.45) is 5.10. The maximum absolute atomic E-state index is 11.6. The summed E-state index contributed by atoms with van der Waals surface area (Å²) in [5.41, 5.74) is 6.97. The number of hydrogen-bond donors (Lipinski definition) is 1. The summed E-state index contributed by atoms with van der Waals surface area (Å²) in [5.74, 6) is 0. The van der Waals surface area contributed by atoms with Crippen LogP contribution in [0.3, 0.4) is 0 Å². The Hall–Kier alpha value is -0.940. The fourth-order valence-electron chi connectivity index (χ4n) is 1.29. The van der Waals surface area contributed by atoms with Crippen LogP contribution in [-0.2, 0) is 16.3 Å². The van der Waals surface area contributed by atoms with Crippen molar-refractivity contribution >= 4 is 9.84 Å². The standard InChI is InChI=1S/C11H18N2O2S/c1-11(2,16(3,14)15)10(12)8-9-4-6-13-7-5-9/h4-7,10H,8,12H2,1-3H3. The molecule has 1 unspecified atom stereocenters. The average molecular weight is 242 g/mol. The van der Waals surface area contributed by atoms with Crippen molar-refractivity contribution in [3.8, 4) is 0 Å². The molecule has 0 saturated heterocycles. The first-order valence-electron chi connectivity index (χ1n) is 5.09. The highest BCUT2D eigenvalue weighted by Crippen LogP contribution is 2.21. The monoisotopic (exact) mass is 242 g/mol. The molecule has 1 rings (SSSR count). The molecule has 0 fully saturated rings. The zero-order chi connectivity index (χ0) is 12.4. The van der Waals surface area contributed by atoms with Gasteiger partial charge in [0.1, 0.15) is 0 Å². The largest absolute Gasteiger partial charge is 0.326 e. The van der Waals surface area contributed by atoms with Crippen LogP contribution < -0.4 is 5.73 Å². The molecule has 0 saturated carbocycles. The molecule has 0 aliphatic rings. The second-order valence-electron chi connectivity index (χ2n) is 4.54. The maximum atomic E-state index is 11.6. The van der Waals surface area contributed by atoms with Crippen molar-refractivity contribution in [2.45, 2.75) is 31.1 Å². The summed E-state index contributed by atoms with van der Waals surface area (Å²) in [4.78, 5) is 3.90. The third kappa shape index (κ3) is 2.80. The van der Waals surface area contributed by atoms with Gasteiger partial charge in [0.2, 0.25) is 0 Å². The number of nitrogens with zero attached hydrogens (tertiary/aromatic N) is 1. The van der Waals surface area contributed by atoms with Crippen LogP contribution in [0.1, 0.15) is 19.4 Å². The van der Waals surface area contributed by atoms with Crippen LogP contribution in [0, 0.1) is 0 Å². The van der Waals surface area contributed by atoms with Crippen LogP contribution in [0.5, 0.6) is 0 Å². The molecule has 1 aromatic heterocycles. The van der Waals surface area contributed by atoms with E-state index in [1.54, 1.807) is 26.2 Å². The number of aromatic nitrogens is 1. The van der Waals surface area contributed by atoms with Crippen LogP contribution in [0.4, 0.5) is 0 Å². The van der Waals surface area contributed by atoms with E-state index in [-0.39, 0.29) is 0 Å². The molecule has 90 valence electrons. The van der Waals surface area contributed by atoms with E-state index in [2.05, 4.69) is 4.98 Å². The predicted octanol–water partition coefficient (Wildman–Crippen LogP) is 0.775. The minimum Gasteiger partial charge on any atom is -0.326 e. The normalized spacial score (nSPS) is 14.8. The number of rotatable bonds is 4. The van der Waals surface area contributed by atoms with Gasteiger partial charge in [-0.3, -0.25) is 4.98 Å². The summed E-state index contributed by atoms with van der Waals surface area (Å²) < 4.78 is 22.3. The lowest BCUT2D eigenvalue weighted by molar-refractivity contribution is 0.482. The fourth-order valence-corrected chi connectivity index (χ4v) is 1.93. The molecule has 1 heterocycles. The molecule has 1 atom stereocenters. The lowest BCUT2D eigenvalue weighted by Crippen LogP contribution is -2.49. The molecule has 1 aromatic rings. The van der Waals surface area contributed by atoms with E-state index in [9.17, 15) is 8.42 Å². The van der Waals surface area contributed by atoms with E-state index in [0.717, 1.165) is 5.56 Å². The summed E-state index contributed by atoms with van der Waals surface area (Å²) in [5, 5.41) is 0. The van der Waals surface area contributed by atoms with Crippen molar-refractivity contribution in [2.75, 3.05) is 6.26 Å². The minimum absolute atomic E-state index is 0.426. The van der Waals surface area contributed by atoms with Gasteiger partial charge in [0.15, 0.2) is 9.84 Å². The lowest BCUT2D eigenvalue weighted by Gasteiger charge is -2.29. The van der Waals surface area contributed by atoms with Gasteiger partial charge in [-0.1, -0.05) is 0 Å². The molecule has 0 spiro atoms. The third-order valence-corrected chi connectivity index (χ3v) is 5.27. The number of nitrogens with two attached hydrogens (primary N) is 1. The van der Waals surface area contributed by atoms with Crippen LogP contribution >= 0.6 is 0 Å². The van der Waals surface area contributed by atoms with E-state index in [4.69, 9.17) is 5.73 Å². The molecule has 16 heavy (non-hydrogen) atoms. The van der Waals surface area contributed by atoms with Gasteiger partial charge in [-0.25, -0.2) is 8.42 Å². The minimum atomic E-state index is -3.16. The van der Waals surface area contributed by atoms with Gasteiger partial charge < -0.3 is 5.73 Å². The smallest absolute Gasteiger partial charge is 0.154 e. The van der Waals surface area contributed by atoms with Crippen LogP contribution in [0.2, 0.25) is 0 Å². The van der Waals surface area contributed by atoms with E-state index in [1.165, 1.54) is 6.26 Å². The SMILES string of the molecule is CC(C)(C(N)Cc1ccncc1)S(C)(=O)=O. The van der Waals surface area contributed by atoms with Gasteiger partial charge in [-0.05, 0) is 38.0 Å². The second-order valence-corrected chi connectivity index (χ2v) is 7.14. The average Bonchev–Trinajstić information content (AvgIpc) is 2.17. The molecule has 0 radical (unpaired) electrons. The Bertz CT molecular complexity index is 440. The molecule has 0 bridgehead atoms. The molecule has 0 amide bonds. The molecule has 0 aromatic carbocycles. The fraction of sp³-hybridized carbons (Fsp3) is 0.545. The maximum Gasteiger partial charge on any atom is 0.154 e. The van der Waals surface area contributed by atoms with Crippen molar-refractivity contribution in [1.82, 2.24) is 4.98 Å². The highest BCUT2D eigenvalue weighted by molar-refractivity contribution is 7.92. The van der Waals surface area contributed by atoms with Crippen molar-refractivity contribution in [1.29, 1.82) is 0 Å². The van der Waals surface area contributed by atoms with Gasteiger partial charge in [0.25, 0.3) is 0 Å². The van der Waals surface area contributed by atoms with Gasteiger partial charge in [-0.15, -0.1) is 0 Å². The third-order valence-electron chi connectivity index (χ3n) is 3.05. The van der Waals surface area contributed by atoms with Gasteiger partial charge in [0, 0.05) is 24.7 Å². The molecule has 2 N–H and O–H groups in total. The zero-order valence-electron chi connectivity index (χ0n) is 9.84. The molecular weight excluding hydrogens is 224 g/mol. The summed E-state index contributed by atoms with van der Waals surface area (Å²) in [7, 11) is -3.16. The van der Waals surface area contributed by atoms with Crippen molar-refractivity contribution in [2.24, 2.45) is 5.73 Å². The second kappa shape index (κ2) is 4.51. The molecule has 4 nitrogen and oxygen atoms in total. The van der Waals surface area contributed by atoms with Crippen LogP contribution in [0.15, 0.2) is 24.5 Å². The predicted molar refractivity (Wildman–Crippen MR) is 64.8 cm³/mol. The Morgan fingerprint density at radius 3 is 2.31 bits per heavy atom. The summed E-state index contributed by atoms with van der Waals surface area (Å²) >= 11 is 0. The van der Waals surface area contributed by atoms with Gasteiger partial charge in [-0.2, -0.15) is 0 Å². The topological polar surface area (TPSA) is 73.0 Å². The number of sulfone groups is 1. The Morgan fingerprint density at radius 2 is 1.88 bits per heavy atom. The number of hydrogen-bond acceptors (Lipinski definition) is 4. The Kier molecular flexibility index (Phi) is 3.70. The van der Waals surface area contributed by atoms with E-state index in [1.807, 2.05) is 12.1 Å². The van der Waals surface area contributed by atoms with E-state index < -0.39 is 20.6 Å². The molecule has 0 aliphatic heterocycles. The first-order valence-corrected chi connectivity index (χ1v) is 6.98. The molecular formula is C11H18N2O2S. The molecule has 5 heteroatoms. The van der Waals surface area contributed by atoms with Gasteiger partial charge >= 0.3 is 0 Å². The Morgan fingerprint density at radius 1 is 1.38 bits per heavy atom. The first kappa shape index (κ1) is 13.1. The van der Waals surface area contributed by atoms with Crippen molar-refractivity contribution in [3.63, 3.8) is 0 Å². The molecule has 0 aliphatic carbocycles. The van der Waals surface area contributed by atoms with Crippen molar-refractivity contribution < 1.29 is 8.42 Å². The Balaban J connectivity index is 2.85. The van der Waals surface area contributed by atoms with Crippen LogP contribution in [0.25, 0.3) is 0 Å². The van der Waals surface area contributed by atoms with E-state index >= 15 is 0 Å².